The van der Waals surface area contributed by atoms with Gasteiger partial charge in [0.25, 0.3) is 11.5 Å². The normalized spacial score (nSPS) is 16.1. The van der Waals surface area contributed by atoms with Crippen molar-refractivity contribution in [1.29, 1.82) is 0 Å². The fourth-order valence-corrected chi connectivity index (χ4v) is 3.94. The zero-order chi connectivity index (χ0) is 20.1. The lowest BCUT2D eigenvalue weighted by Crippen LogP contribution is -2.37. The Hall–Kier alpha value is -3.52. The molecule has 3 heterocycles. The van der Waals surface area contributed by atoms with Gasteiger partial charge in [0.2, 0.25) is 0 Å². The predicted octanol–water partition coefficient (Wildman–Crippen LogP) is 2.89. The third-order valence-electron chi connectivity index (χ3n) is 5.44. The summed E-state index contributed by atoms with van der Waals surface area (Å²) in [5, 5.41) is 8.65. The van der Waals surface area contributed by atoms with Crippen LogP contribution in [0.2, 0.25) is 0 Å². The second-order valence-corrected chi connectivity index (χ2v) is 7.16. The van der Waals surface area contributed by atoms with Crippen LogP contribution in [0, 0.1) is 5.82 Å². The maximum absolute atomic E-state index is 13.7. The van der Waals surface area contributed by atoms with Crippen LogP contribution in [0.4, 0.5) is 4.39 Å². The van der Waals surface area contributed by atoms with E-state index in [0.717, 1.165) is 16.5 Å². The van der Waals surface area contributed by atoms with Crippen molar-refractivity contribution in [2.24, 2.45) is 0 Å². The highest BCUT2D eigenvalue weighted by atomic mass is 19.1. The molecule has 1 aliphatic rings. The van der Waals surface area contributed by atoms with E-state index in [1.165, 1.54) is 12.1 Å². The molecule has 1 amide bonds. The molecule has 0 fully saturated rings. The van der Waals surface area contributed by atoms with E-state index in [4.69, 9.17) is 4.74 Å². The summed E-state index contributed by atoms with van der Waals surface area (Å²) in [5.74, 6) is -0.673. The number of ether oxygens (including phenoxy) is 1. The quantitative estimate of drug-likeness (QED) is 0.549. The number of carbonyl (C=O) groups excluding carboxylic acids is 1. The van der Waals surface area contributed by atoms with Gasteiger partial charge in [0, 0.05) is 29.3 Å². The molecule has 1 atom stereocenters. The summed E-state index contributed by atoms with van der Waals surface area (Å²) in [6.45, 7) is 0.511. The summed E-state index contributed by atoms with van der Waals surface area (Å²) < 4.78 is 19.4. The van der Waals surface area contributed by atoms with E-state index >= 15 is 0 Å². The van der Waals surface area contributed by atoms with Gasteiger partial charge in [-0.25, -0.2) is 4.39 Å². The van der Waals surface area contributed by atoms with E-state index in [1.807, 2.05) is 6.07 Å². The Morgan fingerprint density at radius 1 is 1.24 bits per heavy atom. The topological polar surface area (TPSA) is 91.1 Å². The first-order chi connectivity index (χ1) is 14.0. The number of pyridine rings is 1. The molecule has 5 rings (SSSR count). The first-order valence-electron chi connectivity index (χ1n) is 9.15. The number of nitrogens with zero attached hydrogens (tertiary/aromatic N) is 2. The summed E-state index contributed by atoms with van der Waals surface area (Å²) in [7, 11) is 1.70. The first kappa shape index (κ1) is 17.6. The average molecular weight is 392 g/mol. The van der Waals surface area contributed by atoms with E-state index in [2.05, 4.69) is 15.2 Å². The lowest BCUT2D eigenvalue weighted by Gasteiger charge is -2.34. The Labute approximate surface area is 164 Å². The van der Waals surface area contributed by atoms with E-state index < -0.39 is 11.9 Å². The number of aromatic nitrogens is 3. The van der Waals surface area contributed by atoms with E-state index in [9.17, 15) is 14.0 Å². The molecule has 0 bridgehead atoms. The van der Waals surface area contributed by atoms with E-state index in [1.54, 1.807) is 36.3 Å². The number of amides is 1. The van der Waals surface area contributed by atoms with Crippen molar-refractivity contribution in [2.45, 2.75) is 12.6 Å². The number of carbonyl (C=O) groups is 1. The van der Waals surface area contributed by atoms with Crippen LogP contribution in [0.3, 0.4) is 0 Å². The number of halogens is 1. The minimum Gasteiger partial charge on any atom is -0.373 e. The summed E-state index contributed by atoms with van der Waals surface area (Å²) in [4.78, 5) is 29.9. The predicted molar refractivity (Wildman–Crippen MR) is 105 cm³/mol. The van der Waals surface area contributed by atoms with Gasteiger partial charge in [-0.1, -0.05) is 12.1 Å². The van der Waals surface area contributed by atoms with Gasteiger partial charge in [-0.15, -0.1) is 0 Å². The largest absolute Gasteiger partial charge is 0.373 e. The van der Waals surface area contributed by atoms with Gasteiger partial charge in [-0.05, 0) is 29.7 Å². The van der Waals surface area contributed by atoms with Gasteiger partial charge < -0.3 is 14.6 Å². The van der Waals surface area contributed by atoms with Crippen LogP contribution in [0.15, 0.2) is 47.4 Å². The third kappa shape index (κ3) is 2.80. The minimum absolute atomic E-state index is 0.190. The van der Waals surface area contributed by atoms with Gasteiger partial charge in [0.1, 0.15) is 5.82 Å². The van der Waals surface area contributed by atoms with Crippen molar-refractivity contribution >= 4 is 27.6 Å². The molecule has 2 aromatic heterocycles. The Morgan fingerprint density at radius 2 is 2.10 bits per heavy atom. The Kier molecular flexibility index (Phi) is 3.95. The van der Waals surface area contributed by atoms with E-state index in [-0.39, 0.29) is 30.1 Å². The number of aromatic amines is 2. The summed E-state index contributed by atoms with van der Waals surface area (Å²) >= 11 is 0. The lowest BCUT2D eigenvalue weighted by atomic mass is 9.95. The first-order valence-corrected chi connectivity index (χ1v) is 9.15. The maximum atomic E-state index is 13.7. The van der Waals surface area contributed by atoms with Crippen molar-refractivity contribution in [3.63, 3.8) is 0 Å². The fraction of sp³-hybridized carbons (Fsp3) is 0.190. The van der Waals surface area contributed by atoms with Crippen molar-refractivity contribution in [2.75, 3.05) is 13.7 Å². The SMILES string of the molecule is CN(C(=O)c1ccc2cn[nH]c2c1)C1COCc2[nH]c(=O)c3cc(F)ccc3c21. The highest BCUT2D eigenvalue weighted by molar-refractivity contribution is 5.98. The molecule has 7 nitrogen and oxygen atoms in total. The summed E-state index contributed by atoms with van der Waals surface area (Å²) in [6.07, 6.45) is 1.69. The maximum Gasteiger partial charge on any atom is 0.256 e. The number of hydrogen-bond acceptors (Lipinski definition) is 4. The molecule has 29 heavy (non-hydrogen) atoms. The molecule has 0 radical (unpaired) electrons. The Bertz CT molecular complexity index is 1330. The molecule has 146 valence electrons. The number of rotatable bonds is 2. The number of H-pyrrole nitrogens is 2. The van der Waals surface area contributed by atoms with Crippen molar-refractivity contribution in [1.82, 2.24) is 20.1 Å². The monoisotopic (exact) mass is 392 g/mol. The van der Waals surface area contributed by atoms with Gasteiger partial charge in [0.15, 0.2) is 0 Å². The molecule has 1 unspecified atom stereocenters. The van der Waals surface area contributed by atoms with Crippen LogP contribution < -0.4 is 5.56 Å². The number of nitrogens with one attached hydrogen (secondary N) is 2. The van der Waals surface area contributed by atoms with Crippen LogP contribution in [0.1, 0.15) is 27.7 Å². The summed E-state index contributed by atoms with van der Waals surface area (Å²) in [6, 6.07) is 9.05. The smallest absolute Gasteiger partial charge is 0.256 e. The Morgan fingerprint density at radius 3 is 2.97 bits per heavy atom. The second-order valence-electron chi connectivity index (χ2n) is 7.16. The number of likely N-dealkylation sites (N-methyl/N-ethyl adjacent to an activating group) is 1. The summed E-state index contributed by atoms with van der Waals surface area (Å²) in [5.41, 5.74) is 2.30. The molecular formula is C21H17FN4O3. The molecule has 8 heteroatoms. The molecule has 1 aliphatic heterocycles. The highest BCUT2D eigenvalue weighted by Crippen LogP contribution is 2.33. The number of fused-ring (bicyclic) bond motifs is 4. The van der Waals surface area contributed by atoms with Crippen LogP contribution in [-0.2, 0) is 11.3 Å². The zero-order valence-electron chi connectivity index (χ0n) is 15.5. The molecule has 0 aliphatic carbocycles. The van der Waals surface area contributed by atoms with Gasteiger partial charge >= 0.3 is 0 Å². The van der Waals surface area contributed by atoms with Crippen LogP contribution >= 0.6 is 0 Å². The molecule has 2 N–H and O–H groups in total. The highest BCUT2D eigenvalue weighted by Gasteiger charge is 2.31. The van der Waals surface area contributed by atoms with Crippen LogP contribution in [0.5, 0.6) is 0 Å². The number of hydrogen-bond donors (Lipinski definition) is 2. The van der Waals surface area contributed by atoms with Crippen molar-refractivity contribution < 1.29 is 13.9 Å². The zero-order valence-corrected chi connectivity index (χ0v) is 15.5. The molecule has 0 saturated heterocycles. The third-order valence-corrected chi connectivity index (χ3v) is 5.44. The second kappa shape index (κ2) is 6.52. The van der Waals surface area contributed by atoms with Gasteiger partial charge in [-0.2, -0.15) is 5.10 Å². The van der Waals surface area contributed by atoms with E-state index in [0.29, 0.717) is 16.6 Å². The lowest BCUT2D eigenvalue weighted by molar-refractivity contribution is 0.0336. The average Bonchev–Trinajstić information content (AvgIpc) is 3.20. The van der Waals surface area contributed by atoms with Crippen molar-refractivity contribution in [3.05, 3.63) is 75.6 Å². The molecule has 0 saturated carbocycles. The Balaban J connectivity index is 1.60. The minimum atomic E-state index is -0.483. The van der Waals surface area contributed by atoms with Crippen LogP contribution in [-0.4, -0.2) is 39.6 Å². The molecule has 0 spiro atoms. The van der Waals surface area contributed by atoms with Gasteiger partial charge in [-0.3, -0.25) is 14.7 Å². The standard InChI is InChI=1S/C21H17FN4O3/c1-26(21(28)11-2-3-12-8-23-25-16(12)6-11)18-10-29-9-17-19(18)14-5-4-13(22)7-15(14)20(27)24-17/h2-8,18H,9-10H2,1H3,(H,23,25)(H,24,27). The van der Waals surface area contributed by atoms with Crippen molar-refractivity contribution in [3.8, 4) is 0 Å². The molecule has 2 aromatic carbocycles. The number of benzene rings is 2. The molecule has 4 aromatic rings. The molecular weight excluding hydrogens is 375 g/mol. The van der Waals surface area contributed by atoms with Crippen LogP contribution in [0.25, 0.3) is 21.7 Å². The van der Waals surface area contributed by atoms with Gasteiger partial charge in [0.05, 0.1) is 36.4 Å². The fourth-order valence-electron chi connectivity index (χ4n) is 3.94.